The third-order valence-corrected chi connectivity index (χ3v) is 2.08. The molecule has 3 N–H and O–H groups in total. The highest BCUT2D eigenvalue weighted by Gasteiger charge is 2.01. The molecule has 0 aliphatic carbocycles. The fourth-order valence-corrected chi connectivity index (χ4v) is 1.20. The Morgan fingerprint density at radius 3 is 2.86 bits per heavy atom. The fourth-order valence-electron chi connectivity index (χ4n) is 1.03. The van der Waals surface area contributed by atoms with E-state index in [9.17, 15) is 0 Å². The van der Waals surface area contributed by atoms with Crippen LogP contribution in [0.1, 0.15) is 12.8 Å². The molecule has 0 spiro atoms. The van der Waals surface area contributed by atoms with Gasteiger partial charge in [-0.2, -0.15) is 0 Å². The van der Waals surface area contributed by atoms with Crippen molar-refractivity contribution in [2.24, 2.45) is 0 Å². The SMILES string of the molecule is Nc1ccc(Cl)c(OCCCCO)c1. The maximum absolute atomic E-state index is 8.56. The molecule has 78 valence electrons. The number of aliphatic hydroxyl groups excluding tert-OH is 1. The number of nitrogens with two attached hydrogens (primary N) is 1. The van der Waals surface area contributed by atoms with E-state index in [1.54, 1.807) is 18.2 Å². The van der Waals surface area contributed by atoms with Crippen molar-refractivity contribution in [3.05, 3.63) is 23.2 Å². The molecule has 14 heavy (non-hydrogen) atoms. The first-order chi connectivity index (χ1) is 6.74. The molecule has 1 rings (SSSR count). The first-order valence-electron chi connectivity index (χ1n) is 4.52. The summed E-state index contributed by atoms with van der Waals surface area (Å²) in [6.45, 7) is 0.734. The smallest absolute Gasteiger partial charge is 0.139 e. The summed E-state index contributed by atoms with van der Waals surface area (Å²) in [6.07, 6.45) is 1.54. The Hall–Kier alpha value is -0.930. The van der Waals surface area contributed by atoms with Crippen LogP contribution in [0.3, 0.4) is 0 Å². The molecule has 1 aromatic carbocycles. The number of hydrogen-bond donors (Lipinski definition) is 2. The van der Waals surface area contributed by atoms with Gasteiger partial charge >= 0.3 is 0 Å². The van der Waals surface area contributed by atoms with E-state index in [2.05, 4.69) is 0 Å². The summed E-state index contributed by atoms with van der Waals surface area (Å²) >= 11 is 5.88. The third-order valence-electron chi connectivity index (χ3n) is 1.77. The normalized spacial score (nSPS) is 10.1. The Morgan fingerprint density at radius 2 is 2.14 bits per heavy atom. The summed E-state index contributed by atoms with van der Waals surface area (Å²) in [5, 5.41) is 9.12. The van der Waals surface area contributed by atoms with Crippen LogP contribution in [0.5, 0.6) is 5.75 Å². The molecule has 3 nitrogen and oxygen atoms in total. The van der Waals surface area contributed by atoms with Gasteiger partial charge in [0, 0.05) is 18.4 Å². The lowest BCUT2D eigenvalue weighted by atomic mass is 10.3. The number of benzene rings is 1. The fraction of sp³-hybridized carbons (Fsp3) is 0.400. The standard InChI is InChI=1S/C10H14ClNO2/c11-9-4-3-8(12)7-10(9)14-6-2-1-5-13/h3-4,7,13H,1-2,5-6,12H2. The Balaban J connectivity index is 2.45. The maximum Gasteiger partial charge on any atom is 0.139 e. The van der Waals surface area contributed by atoms with Gasteiger partial charge in [0.05, 0.1) is 11.6 Å². The van der Waals surface area contributed by atoms with E-state index >= 15 is 0 Å². The molecule has 4 heteroatoms. The first-order valence-corrected chi connectivity index (χ1v) is 4.90. The van der Waals surface area contributed by atoms with Crippen LogP contribution in [0.25, 0.3) is 0 Å². The maximum atomic E-state index is 8.56. The van der Waals surface area contributed by atoms with Gasteiger partial charge in [-0.25, -0.2) is 0 Å². The van der Waals surface area contributed by atoms with E-state index in [0.717, 1.165) is 12.8 Å². The average molecular weight is 216 g/mol. The monoisotopic (exact) mass is 215 g/mol. The minimum atomic E-state index is 0.189. The minimum absolute atomic E-state index is 0.189. The van der Waals surface area contributed by atoms with E-state index in [0.29, 0.717) is 23.1 Å². The number of hydrogen-bond acceptors (Lipinski definition) is 3. The van der Waals surface area contributed by atoms with Gasteiger partial charge in [0.2, 0.25) is 0 Å². The van der Waals surface area contributed by atoms with Crippen LogP contribution in [0.15, 0.2) is 18.2 Å². The number of anilines is 1. The molecule has 0 saturated heterocycles. The van der Waals surface area contributed by atoms with Crippen molar-refractivity contribution in [2.45, 2.75) is 12.8 Å². The van der Waals surface area contributed by atoms with Crippen LogP contribution in [-0.2, 0) is 0 Å². The quantitative estimate of drug-likeness (QED) is 0.584. The summed E-state index contributed by atoms with van der Waals surface area (Å²) in [6, 6.07) is 5.13. The van der Waals surface area contributed by atoms with Crippen LogP contribution < -0.4 is 10.5 Å². The molecule has 0 bridgehead atoms. The highest BCUT2D eigenvalue weighted by Crippen LogP contribution is 2.26. The zero-order valence-corrected chi connectivity index (χ0v) is 8.63. The summed E-state index contributed by atoms with van der Waals surface area (Å²) < 4.78 is 5.40. The predicted molar refractivity (Wildman–Crippen MR) is 57.7 cm³/mol. The summed E-state index contributed by atoms with van der Waals surface area (Å²) in [4.78, 5) is 0. The lowest BCUT2D eigenvalue weighted by molar-refractivity contribution is 0.253. The third kappa shape index (κ3) is 3.44. The number of ether oxygens (including phenoxy) is 1. The van der Waals surface area contributed by atoms with Crippen molar-refractivity contribution in [1.29, 1.82) is 0 Å². The van der Waals surface area contributed by atoms with Crippen molar-refractivity contribution in [1.82, 2.24) is 0 Å². The number of nitrogen functional groups attached to an aromatic ring is 1. The molecule has 0 aliphatic heterocycles. The highest BCUT2D eigenvalue weighted by molar-refractivity contribution is 6.32. The summed E-state index contributed by atoms with van der Waals surface area (Å²) in [5.74, 6) is 0.601. The second-order valence-electron chi connectivity index (χ2n) is 2.97. The van der Waals surface area contributed by atoms with Gasteiger partial charge in [-0.3, -0.25) is 0 Å². The van der Waals surface area contributed by atoms with Gasteiger partial charge in [0.1, 0.15) is 5.75 Å². The van der Waals surface area contributed by atoms with Gasteiger partial charge in [-0.05, 0) is 25.0 Å². The Kier molecular flexibility index (Phi) is 4.56. The second kappa shape index (κ2) is 5.73. The van der Waals surface area contributed by atoms with Crippen LogP contribution in [-0.4, -0.2) is 18.3 Å². The Labute approximate surface area is 88.4 Å². The number of aliphatic hydroxyl groups is 1. The van der Waals surface area contributed by atoms with Crippen LogP contribution in [0, 0.1) is 0 Å². The molecule has 0 atom stereocenters. The van der Waals surface area contributed by atoms with Crippen molar-refractivity contribution in [3.8, 4) is 5.75 Å². The van der Waals surface area contributed by atoms with Crippen molar-refractivity contribution in [3.63, 3.8) is 0 Å². The van der Waals surface area contributed by atoms with Crippen molar-refractivity contribution >= 4 is 17.3 Å². The predicted octanol–water partition coefficient (Wildman–Crippen LogP) is 2.07. The van der Waals surface area contributed by atoms with E-state index < -0.39 is 0 Å². The van der Waals surface area contributed by atoms with Crippen LogP contribution >= 0.6 is 11.6 Å². The minimum Gasteiger partial charge on any atom is -0.492 e. The average Bonchev–Trinajstić information content (AvgIpc) is 2.18. The van der Waals surface area contributed by atoms with E-state index in [1.807, 2.05) is 0 Å². The zero-order chi connectivity index (χ0) is 10.4. The molecular formula is C10H14ClNO2. The molecule has 0 amide bonds. The molecule has 0 fully saturated rings. The molecule has 0 saturated carbocycles. The van der Waals surface area contributed by atoms with Gasteiger partial charge < -0.3 is 15.6 Å². The van der Waals surface area contributed by atoms with Gasteiger partial charge in [0.25, 0.3) is 0 Å². The zero-order valence-electron chi connectivity index (χ0n) is 7.87. The molecule has 0 unspecified atom stereocenters. The Morgan fingerprint density at radius 1 is 1.36 bits per heavy atom. The summed E-state index contributed by atoms with van der Waals surface area (Å²) in [7, 11) is 0. The molecule has 0 radical (unpaired) electrons. The highest BCUT2D eigenvalue weighted by atomic mass is 35.5. The number of unbranched alkanes of at least 4 members (excludes halogenated alkanes) is 1. The molecule has 0 heterocycles. The van der Waals surface area contributed by atoms with E-state index in [4.69, 9.17) is 27.2 Å². The van der Waals surface area contributed by atoms with Gasteiger partial charge in [-0.15, -0.1) is 0 Å². The largest absolute Gasteiger partial charge is 0.492 e. The lowest BCUT2D eigenvalue weighted by Gasteiger charge is -2.07. The van der Waals surface area contributed by atoms with Gasteiger partial charge in [0.15, 0.2) is 0 Å². The molecule has 0 aliphatic rings. The lowest BCUT2D eigenvalue weighted by Crippen LogP contribution is -1.99. The van der Waals surface area contributed by atoms with Crippen molar-refractivity contribution in [2.75, 3.05) is 18.9 Å². The summed E-state index contributed by atoms with van der Waals surface area (Å²) in [5.41, 5.74) is 6.21. The second-order valence-corrected chi connectivity index (χ2v) is 3.38. The number of rotatable bonds is 5. The van der Waals surface area contributed by atoms with E-state index in [-0.39, 0.29) is 6.61 Å². The van der Waals surface area contributed by atoms with Gasteiger partial charge in [-0.1, -0.05) is 11.6 Å². The molecule has 1 aromatic rings. The molecular weight excluding hydrogens is 202 g/mol. The van der Waals surface area contributed by atoms with Crippen LogP contribution in [0.4, 0.5) is 5.69 Å². The van der Waals surface area contributed by atoms with E-state index in [1.165, 1.54) is 0 Å². The molecule has 0 aromatic heterocycles. The first kappa shape index (κ1) is 11.1. The van der Waals surface area contributed by atoms with Crippen LogP contribution in [0.2, 0.25) is 5.02 Å². The van der Waals surface area contributed by atoms with Crippen molar-refractivity contribution < 1.29 is 9.84 Å². The number of halogens is 1. The Bertz CT molecular complexity index is 291. The topological polar surface area (TPSA) is 55.5 Å².